The number of rotatable bonds is 4. The van der Waals surface area contributed by atoms with Crippen molar-refractivity contribution in [3.8, 4) is 0 Å². The van der Waals surface area contributed by atoms with Gasteiger partial charge in [-0.3, -0.25) is 9.48 Å². The third-order valence-electron chi connectivity index (χ3n) is 5.02. The number of carbonyl (C=O) groups excluding carboxylic acids is 1. The Kier molecular flexibility index (Phi) is 6.38. The lowest BCUT2D eigenvalue weighted by molar-refractivity contribution is -0.127. The van der Waals surface area contributed by atoms with Crippen LogP contribution in [0.4, 0.5) is 0 Å². The Morgan fingerprint density at radius 2 is 1.79 bits per heavy atom. The van der Waals surface area contributed by atoms with Gasteiger partial charge in [0.2, 0.25) is 15.9 Å². The Balaban J connectivity index is 1.67. The molecule has 2 aromatic rings. The lowest BCUT2D eigenvalue weighted by atomic mass is 10.2. The highest BCUT2D eigenvalue weighted by Gasteiger charge is 2.31. The molecular weight excluding hydrogens is 435 g/mol. The molecule has 0 N–H and O–H groups in total. The summed E-state index contributed by atoms with van der Waals surface area (Å²) in [5.41, 5.74) is 2.74. The number of hydrogen-bond acceptors (Lipinski definition) is 4. The third kappa shape index (κ3) is 4.50. The van der Waals surface area contributed by atoms with Crippen molar-refractivity contribution < 1.29 is 13.2 Å². The van der Waals surface area contributed by atoms with Crippen LogP contribution in [0.15, 0.2) is 29.2 Å². The van der Waals surface area contributed by atoms with Gasteiger partial charge in [0.25, 0.3) is 0 Å². The summed E-state index contributed by atoms with van der Waals surface area (Å²) < 4.78 is 28.9. The maximum atomic E-state index is 12.9. The number of halogens is 2. The van der Waals surface area contributed by atoms with Gasteiger partial charge in [0.15, 0.2) is 0 Å². The summed E-state index contributed by atoms with van der Waals surface area (Å²) in [5.74, 6) is -0.162. The van der Waals surface area contributed by atoms with E-state index in [1.54, 1.807) is 15.7 Å². The molecule has 1 saturated heterocycles. The highest BCUT2D eigenvalue weighted by molar-refractivity contribution is 7.89. The molecule has 3 rings (SSSR count). The van der Waals surface area contributed by atoms with Gasteiger partial charge < -0.3 is 4.90 Å². The van der Waals surface area contributed by atoms with Crippen molar-refractivity contribution in [1.82, 2.24) is 19.0 Å². The summed E-state index contributed by atoms with van der Waals surface area (Å²) in [6.07, 6.45) is 3.27. The molecule has 29 heavy (non-hydrogen) atoms. The van der Waals surface area contributed by atoms with Gasteiger partial charge in [0.05, 0.1) is 10.7 Å². The van der Waals surface area contributed by atoms with Crippen molar-refractivity contribution >= 4 is 45.2 Å². The Labute approximate surface area is 180 Å². The summed E-state index contributed by atoms with van der Waals surface area (Å²) in [5, 5.41) is 4.75. The molecule has 0 bridgehead atoms. The smallest absolute Gasteiger partial charge is 0.246 e. The molecule has 10 heteroatoms. The predicted molar refractivity (Wildman–Crippen MR) is 114 cm³/mol. The van der Waals surface area contributed by atoms with Crippen molar-refractivity contribution in [2.24, 2.45) is 7.05 Å². The van der Waals surface area contributed by atoms with Gasteiger partial charge in [-0.05, 0) is 38.1 Å². The Hall–Kier alpha value is -1.87. The Morgan fingerprint density at radius 3 is 2.38 bits per heavy atom. The van der Waals surface area contributed by atoms with E-state index >= 15 is 0 Å². The van der Waals surface area contributed by atoms with E-state index in [0.29, 0.717) is 18.1 Å². The van der Waals surface area contributed by atoms with Crippen LogP contribution in [0, 0.1) is 13.8 Å². The number of carbonyl (C=O) groups is 1. The zero-order valence-electron chi connectivity index (χ0n) is 16.4. The van der Waals surface area contributed by atoms with Crippen LogP contribution in [0.5, 0.6) is 0 Å². The van der Waals surface area contributed by atoms with E-state index in [2.05, 4.69) is 5.10 Å². The molecule has 156 valence electrons. The fourth-order valence-electron chi connectivity index (χ4n) is 3.25. The number of aromatic nitrogens is 2. The van der Waals surface area contributed by atoms with E-state index in [1.807, 2.05) is 20.9 Å². The second-order valence-corrected chi connectivity index (χ2v) is 9.60. The molecule has 0 radical (unpaired) electrons. The molecule has 2 heterocycles. The van der Waals surface area contributed by atoms with E-state index in [-0.39, 0.29) is 28.9 Å². The maximum Gasteiger partial charge on any atom is 0.246 e. The predicted octanol–water partition coefficient (Wildman–Crippen LogP) is 2.89. The van der Waals surface area contributed by atoms with E-state index < -0.39 is 10.0 Å². The standard InChI is InChI=1S/C19H22Cl2N4O3S/c1-13-16(14(2)23(3)22-13)5-7-19(26)24-8-10-25(11-9-24)29(27,28)18-12-15(20)4-6-17(18)21/h4-7,12H,8-11H2,1-3H3. The molecule has 1 aromatic carbocycles. The van der Waals surface area contributed by atoms with Gasteiger partial charge in [-0.25, -0.2) is 8.42 Å². The summed E-state index contributed by atoms with van der Waals surface area (Å²) in [4.78, 5) is 14.1. The minimum Gasteiger partial charge on any atom is -0.337 e. The van der Waals surface area contributed by atoms with Gasteiger partial charge in [-0.2, -0.15) is 9.40 Å². The molecular formula is C19H22Cl2N4O3S. The van der Waals surface area contributed by atoms with Gasteiger partial charge in [-0.1, -0.05) is 23.2 Å². The number of amides is 1. The van der Waals surface area contributed by atoms with Crippen LogP contribution < -0.4 is 0 Å². The summed E-state index contributed by atoms with van der Waals surface area (Å²) >= 11 is 12.0. The highest BCUT2D eigenvalue weighted by Crippen LogP contribution is 2.28. The van der Waals surface area contributed by atoms with Gasteiger partial charge >= 0.3 is 0 Å². The second kappa shape index (κ2) is 8.47. The average molecular weight is 457 g/mol. The van der Waals surface area contributed by atoms with Gasteiger partial charge in [-0.15, -0.1) is 0 Å². The molecule has 1 aliphatic rings. The number of nitrogens with zero attached hydrogens (tertiary/aromatic N) is 4. The van der Waals surface area contributed by atoms with E-state index in [9.17, 15) is 13.2 Å². The molecule has 0 aliphatic carbocycles. The van der Waals surface area contributed by atoms with Crippen LogP contribution in [0.3, 0.4) is 0 Å². The number of benzene rings is 1. The molecule has 1 aliphatic heterocycles. The largest absolute Gasteiger partial charge is 0.337 e. The first-order valence-corrected chi connectivity index (χ1v) is 11.2. The lowest BCUT2D eigenvalue weighted by Gasteiger charge is -2.33. The van der Waals surface area contributed by atoms with Crippen LogP contribution in [-0.4, -0.2) is 59.5 Å². The topological polar surface area (TPSA) is 75.5 Å². The van der Waals surface area contributed by atoms with E-state index in [0.717, 1.165) is 17.0 Å². The second-order valence-electron chi connectivity index (χ2n) is 6.85. The number of sulfonamides is 1. The number of piperazine rings is 1. The lowest BCUT2D eigenvalue weighted by Crippen LogP contribution is -2.50. The van der Waals surface area contributed by atoms with Crippen molar-refractivity contribution in [1.29, 1.82) is 0 Å². The first-order chi connectivity index (χ1) is 13.6. The van der Waals surface area contributed by atoms with E-state index in [4.69, 9.17) is 23.2 Å². The van der Waals surface area contributed by atoms with Gasteiger partial charge in [0, 0.05) is 55.6 Å². The average Bonchev–Trinajstić information content (AvgIpc) is 2.93. The zero-order valence-corrected chi connectivity index (χ0v) is 18.7. The monoisotopic (exact) mass is 456 g/mol. The van der Waals surface area contributed by atoms with Crippen LogP contribution >= 0.6 is 23.2 Å². The summed E-state index contributed by atoms with van der Waals surface area (Å²) in [6, 6.07) is 4.35. The zero-order chi connectivity index (χ0) is 21.3. The summed E-state index contributed by atoms with van der Waals surface area (Å²) in [7, 11) is -1.92. The molecule has 0 unspecified atom stereocenters. The fraction of sp³-hybridized carbons (Fsp3) is 0.368. The maximum absolute atomic E-state index is 12.9. The Bertz CT molecular complexity index is 1070. The SMILES string of the molecule is Cc1nn(C)c(C)c1C=CC(=O)N1CCN(S(=O)(=O)c2cc(Cl)ccc2Cl)CC1. The Morgan fingerprint density at radius 1 is 1.14 bits per heavy atom. The molecule has 1 aromatic heterocycles. The van der Waals surface area contributed by atoms with Crippen molar-refractivity contribution in [2.45, 2.75) is 18.7 Å². The van der Waals surface area contributed by atoms with Crippen LogP contribution in [0.25, 0.3) is 6.08 Å². The fourth-order valence-corrected chi connectivity index (χ4v) is 5.41. The van der Waals surface area contributed by atoms with Gasteiger partial charge in [0.1, 0.15) is 4.90 Å². The van der Waals surface area contributed by atoms with Crippen molar-refractivity contribution in [2.75, 3.05) is 26.2 Å². The molecule has 1 amide bonds. The normalized spacial score (nSPS) is 16.0. The number of hydrogen-bond donors (Lipinski definition) is 0. The minimum absolute atomic E-state index is 0.0196. The molecule has 0 atom stereocenters. The molecule has 7 nitrogen and oxygen atoms in total. The minimum atomic E-state index is -3.78. The van der Waals surface area contributed by atoms with Crippen molar-refractivity contribution in [3.05, 3.63) is 51.3 Å². The molecule has 0 saturated carbocycles. The third-order valence-corrected chi connectivity index (χ3v) is 7.63. The summed E-state index contributed by atoms with van der Waals surface area (Å²) in [6.45, 7) is 4.80. The quantitative estimate of drug-likeness (QED) is 0.662. The molecule has 0 spiro atoms. The molecule has 1 fully saturated rings. The first kappa shape index (κ1) is 21.8. The van der Waals surface area contributed by atoms with Crippen LogP contribution in [0.2, 0.25) is 10.0 Å². The number of aryl methyl sites for hydroxylation is 2. The van der Waals surface area contributed by atoms with Crippen LogP contribution in [-0.2, 0) is 21.9 Å². The first-order valence-electron chi connectivity index (χ1n) is 9.03. The highest BCUT2D eigenvalue weighted by atomic mass is 35.5. The van der Waals surface area contributed by atoms with Crippen LogP contribution in [0.1, 0.15) is 17.0 Å². The van der Waals surface area contributed by atoms with E-state index in [1.165, 1.54) is 28.6 Å². The van der Waals surface area contributed by atoms with Crippen molar-refractivity contribution in [3.63, 3.8) is 0 Å².